The number of aryl methyl sites for hydroxylation is 2. The van der Waals surface area contributed by atoms with Gasteiger partial charge in [0.25, 0.3) is 5.91 Å². The summed E-state index contributed by atoms with van der Waals surface area (Å²) in [5, 5.41) is 6.61. The number of aromatic nitrogens is 1. The minimum Gasteiger partial charge on any atom is -0.447 e. The van der Waals surface area contributed by atoms with Gasteiger partial charge in [-0.05, 0) is 44.2 Å². The van der Waals surface area contributed by atoms with E-state index < -0.39 is 12.1 Å². The number of carbonyl (C=O) groups is 2. The predicted molar refractivity (Wildman–Crippen MR) is 86.4 cm³/mol. The van der Waals surface area contributed by atoms with Gasteiger partial charge in [-0.1, -0.05) is 29.4 Å². The Bertz CT molecular complexity index is 753. The first-order valence-corrected chi connectivity index (χ1v) is 8.07. The first-order chi connectivity index (χ1) is 11.5. The van der Waals surface area contributed by atoms with Crippen LogP contribution in [0.15, 0.2) is 34.9 Å². The summed E-state index contributed by atoms with van der Waals surface area (Å²) in [4.78, 5) is 24.3. The van der Waals surface area contributed by atoms with Crippen LogP contribution in [0.1, 0.15) is 53.2 Å². The third kappa shape index (κ3) is 3.48. The molecule has 1 amide bonds. The number of amides is 1. The molecule has 0 saturated heterocycles. The van der Waals surface area contributed by atoms with Crippen molar-refractivity contribution >= 4 is 11.9 Å². The van der Waals surface area contributed by atoms with E-state index >= 15 is 0 Å². The van der Waals surface area contributed by atoms with Crippen LogP contribution >= 0.6 is 0 Å². The quantitative estimate of drug-likeness (QED) is 0.873. The second kappa shape index (κ2) is 6.86. The first kappa shape index (κ1) is 16.2. The maximum Gasteiger partial charge on any atom is 0.377 e. The van der Waals surface area contributed by atoms with E-state index in [4.69, 9.17) is 9.26 Å². The van der Waals surface area contributed by atoms with Crippen LogP contribution < -0.4 is 5.32 Å². The van der Waals surface area contributed by atoms with Crippen LogP contribution in [0.2, 0.25) is 0 Å². The van der Waals surface area contributed by atoms with E-state index in [0.717, 1.165) is 24.8 Å². The van der Waals surface area contributed by atoms with Crippen LogP contribution in [0.4, 0.5) is 0 Å². The highest BCUT2D eigenvalue weighted by Crippen LogP contribution is 2.29. The first-order valence-electron chi connectivity index (χ1n) is 8.07. The second-order valence-corrected chi connectivity index (χ2v) is 6.03. The normalized spacial score (nSPS) is 17.7. The Morgan fingerprint density at radius 3 is 2.92 bits per heavy atom. The summed E-state index contributed by atoms with van der Waals surface area (Å²) in [5.74, 6) is -1.02. The molecular formula is C18H20N2O4. The lowest BCUT2D eigenvalue weighted by atomic mass is 9.87. The number of nitrogens with zero attached hydrogens (tertiary/aromatic N) is 1. The molecular weight excluding hydrogens is 308 g/mol. The summed E-state index contributed by atoms with van der Waals surface area (Å²) in [7, 11) is 0. The zero-order chi connectivity index (χ0) is 17.1. The minimum atomic E-state index is -0.906. The molecule has 126 valence electrons. The largest absolute Gasteiger partial charge is 0.447 e. The Morgan fingerprint density at radius 2 is 2.17 bits per heavy atom. The number of ether oxygens (including phenoxy) is 1. The number of hydrogen-bond acceptors (Lipinski definition) is 5. The molecule has 6 heteroatoms. The maximum atomic E-state index is 12.4. The highest BCUT2D eigenvalue weighted by atomic mass is 16.6. The number of esters is 1. The zero-order valence-electron chi connectivity index (χ0n) is 13.7. The van der Waals surface area contributed by atoms with E-state index in [2.05, 4.69) is 16.5 Å². The van der Waals surface area contributed by atoms with Crippen molar-refractivity contribution in [1.29, 1.82) is 0 Å². The van der Waals surface area contributed by atoms with Crippen molar-refractivity contribution in [2.24, 2.45) is 0 Å². The van der Waals surface area contributed by atoms with Gasteiger partial charge in [0.1, 0.15) is 0 Å². The van der Waals surface area contributed by atoms with Crippen LogP contribution in [0.3, 0.4) is 0 Å². The molecule has 1 heterocycles. The Hall–Kier alpha value is -2.63. The fraction of sp³-hybridized carbons (Fsp3) is 0.389. The molecule has 0 aliphatic heterocycles. The molecule has 0 radical (unpaired) electrons. The van der Waals surface area contributed by atoms with E-state index in [1.807, 2.05) is 18.2 Å². The lowest BCUT2D eigenvalue weighted by Gasteiger charge is -2.27. The highest BCUT2D eigenvalue weighted by Gasteiger charge is 2.26. The molecule has 0 saturated carbocycles. The standard InChI is InChI=1S/C18H20N2O4/c1-11-10-16(24-20-11)18(22)23-12(2)17(21)19-15-9-5-7-13-6-3-4-8-14(13)15/h3-4,6,8,10,12,15H,5,7,9H2,1-2H3,(H,19,21)/t12-,15-/m0/s1. The van der Waals surface area contributed by atoms with E-state index in [9.17, 15) is 9.59 Å². The van der Waals surface area contributed by atoms with Crippen molar-refractivity contribution in [3.05, 3.63) is 52.9 Å². The van der Waals surface area contributed by atoms with Gasteiger partial charge in [-0.2, -0.15) is 0 Å². The van der Waals surface area contributed by atoms with Crippen molar-refractivity contribution in [3.63, 3.8) is 0 Å². The Morgan fingerprint density at radius 1 is 1.38 bits per heavy atom. The molecule has 1 aromatic carbocycles. The SMILES string of the molecule is Cc1cc(C(=O)O[C@@H](C)C(=O)N[C@H]2CCCc3ccccc32)on1. The van der Waals surface area contributed by atoms with Crippen molar-refractivity contribution in [2.45, 2.75) is 45.3 Å². The van der Waals surface area contributed by atoms with Gasteiger partial charge in [-0.15, -0.1) is 0 Å². The average Bonchev–Trinajstić information content (AvgIpc) is 3.01. The second-order valence-electron chi connectivity index (χ2n) is 6.03. The number of fused-ring (bicyclic) bond motifs is 1. The number of nitrogens with one attached hydrogen (secondary N) is 1. The van der Waals surface area contributed by atoms with E-state index in [-0.39, 0.29) is 17.7 Å². The van der Waals surface area contributed by atoms with Crippen LogP contribution in [0.5, 0.6) is 0 Å². The van der Waals surface area contributed by atoms with Crippen molar-refractivity contribution in [1.82, 2.24) is 10.5 Å². The predicted octanol–water partition coefficient (Wildman–Crippen LogP) is 2.72. The van der Waals surface area contributed by atoms with Gasteiger partial charge in [0.05, 0.1) is 11.7 Å². The van der Waals surface area contributed by atoms with Gasteiger partial charge in [0, 0.05) is 6.07 Å². The summed E-state index contributed by atoms with van der Waals surface area (Å²) in [6, 6.07) is 9.53. The van der Waals surface area contributed by atoms with Crippen LogP contribution in [0.25, 0.3) is 0 Å². The Labute approximate surface area is 140 Å². The number of carbonyl (C=O) groups excluding carboxylic acids is 2. The highest BCUT2D eigenvalue weighted by molar-refractivity contribution is 5.90. The monoisotopic (exact) mass is 328 g/mol. The zero-order valence-corrected chi connectivity index (χ0v) is 13.7. The van der Waals surface area contributed by atoms with Gasteiger partial charge in [0.2, 0.25) is 5.76 Å². The molecule has 1 N–H and O–H groups in total. The molecule has 6 nitrogen and oxygen atoms in total. The van der Waals surface area contributed by atoms with E-state index in [1.165, 1.54) is 11.6 Å². The molecule has 1 aliphatic carbocycles. The fourth-order valence-corrected chi connectivity index (χ4v) is 2.92. The number of rotatable bonds is 4. The summed E-state index contributed by atoms with van der Waals surface area (Å²) < 4.78 is 10.0. The van der Waals surface area contributed by atoms with Gasteiger partial charge in [0.15, 0.2) is 6.10 Å². The lowest BCUT2D eigenvalue weighted by molar-refractivity contribution is -0.130. The Balaban J connectivity index is 1.62. The molecule has 0 unspecified atom stereocenters. The molecule has 0 spiro atoms. The molecule has 2 aromatic rings. The fourth-order valence-electron chi connectivity index (χ4n) is 2.92. The van der Waals surface area contributed by atoms with E-state index in [0.29, 0.717) is 5.69 Å². The van der Waals surface area contributed by atoms with Crippen LogP contribution in [-0.2, 0) is 16.0 Å². The topological polar surface area (TPSA) is 81.4 Å². The van der Waals surface area contributed by atoms with Crippen molar-refractivity contribution < 1.29 is 18.8 Å². The molecule has 0 fully saturated rings. The third-order valence-corrected chi connectivity index (χ3v) is 4.17. The minimum absolute atomic E-state index is 0.00448. The molecule has 24 heavy (non-hydrogen) atoms. The smallest absolute Gasteiger partial charge is 0.377 e. The summed E-state index contributed by atoms with van der Waals surface area (Å²) in [6.07, 6.45) is 2.02. The van der Waals surface area contributed by atoms with Gasteiger partial charge >= 0.3 is 5.97 Å². The molecule has 2 atom stereocenters. The third-order valence-electron chi connectivity index (χ3n) is 4.17. The molecule has 0 bridgehead atoms. The van der Waals surface area contributed by atoms with Gasteiger partial charge in [-0.25, -0.2) is 4.79 Å². The van der Waals surface area contributed by atoms with Crippen LogP contribution in [-0.4, -0.2) is 23.1 Å². The molecule has 1 aliphatic rings. The number of benzene rings is 1. The maximum absolute atomic E-state index is 12.4. The molecule has 1 aromatic heterocycles. The average molecular weight is 328 g/mol. The summed E-state index contributed by atoms with van der Waals surface area (Å²) >= 11 is 0. The van der Waals surface area contributed by atoms with E-state index in [1.54, 1.807) is 13.8 Å². The summed E-state index contributed by atoms with van der Waals surface area (Å²) in [5.41, 5.74) is 2.98. The Kier molecular flexibility index (Phi) is 4.64. The van der Waals surface area contributed by atoms with Crippen molar-refractivity contribution in [3.8, 4) is 0 Å². The lowest BCUT2D eigenvalue weighted by Crippen LogP contribution is -2.39. The molecule has 3 rings (SSSR count). The van der Waals surface area contributed by atoms with Gasteiger partial charge < -0.3 is 14.6 Å². The summed E-state index contributed by atoms with van der Waals surface area (Å²) in [6.45, 7) is 3.25. The van der Waals surface area contributed by atoms with Crippen LogP contribution in [0, 0.1) is 6.92 Å². The van der Waals surface area contributed by atoms with Gasteiger partial charge in [-0.3, -0.25) is 4.79 Å². The number of hydrogen-bond donors (Lipinski definition) is 1. The van der Waals surface area contributed by atoms with Crippen molar-refractivity contribution in [2.75, 3.05) is 0 Å².